The monoisotopic (exact) mass is 259 g/mol. The van der Waals surface area contributed by atoms with E-state index in [1.54, 1.807) is 0 Å². The Morgan fingerprint density at radius 2 is 1.95 bits per heavy atom. The van der Waals surface area contributed by atoms with Crippen LogP contribution in [-0.2, 0) is 4.79 Å². The minimum absolute atomic E-state index is 0.110. The van der Waals surface area contributed by atoms with E-state index >= 15 is 0 Å². The third-order valence-corrected chi connectivity index (χ3v) is 3.03. The van der Waals surface area contributed by atoms with Crippen LogP contribution in [-0.4, -0.2) is 16.2 Å². The molecule has 1 aromatic heterocycles. The fourth-order valence-electron chi connectivity index (χ4n) is 1.61. The van der Waals surface area contributed by atoms with E-state index in [9.17, 15) is 4.79 Å². The van der Waals surface area contributed by atoms with Crippen molar-refractivity contribution in [2.24, 2.45) is 5.92 Å². The Bertz CT molecular complexity index is 602. The number of nitrogens with zero attached hydrogens (tertiary/aromatic N) is 2. The van der Waals surface area contributed by atoms with Gasteiger partial charge in [0.05, 0.1) is 0 Å². The normalized spacial score (nSPS) is 10.8. The number of rotatable bonds is 3. The standard InChI is InChI=1S/C14H17N3O2/c1-8(2)14(18)15-13-12(16-19-17-13)11-6-5-9(3)10(4)7-11/h5-8H,1-4H3,(H,15,17,18). The van der Waals surface area contributed by atoms with E-state index in [0.29, 0.717) is 11.5 Å². The number of anilines is 1. The maximum absolute atomic E-state index is 11.7. The van der Waals surface area contributed by atoms with E-state index in [-0.39, 0.29) is 11.8 Å². The molecule has 0 bridgehead atoms. The summed E-state index contributed by atoms with van der Waals surface area (Å²) >= 11 is 0. The zero-order chi connectivity index (χ0) is 14.0. The maximum Gasteiger partial charge on any atom is 0.228 e. The maximum atomic E-state index is 11.7. The number of hydrogen-bond donors (Lipinski definition) is 1. The zero-order valence-electron chi connectivity index (χ0n) is 11.5. The molecule has 5 heteroatoms. The molecule has 0 unspecified atom stereocenters. The molecular formula is C14H17N3O2. The summed E-state index contributed by atoms with van der Waals surface area (Å²) in [6.45, 7) is 7.71. The topological polar surface area (TPSA) is 68.0 Å². The van der Waals surface area contributed by atoms with E-state index in [1.165, 1.54) is 5.56 Å². The lowest BCUT2D eigenvalue weighted by Gasteiger charge is -2.06. The van der Waals surface area contributed by atoms with Crippen molar-refractivity contribution in [2.45, 2.75) is 27.7 Å². The average molecular weight is 259 g/mol. The molecule has 1 amide bonds. The minimum Gasteiger partial charge on any atom is -0.306 e. The summed E-state index contributed by atoms with van der Waals surface area (Å²) in [5, 5.41) is 10.3. The second-order valence-electron chi connectivity index (χ2n) is 4.90. The molecule has 0 saturated heterocycles. The molecule has 0 radical (unpaired) electrons. The number of carbonyl (C=O) groups is 1. The predicted octanol–water partition coefficient (Wildman–Crippen LogP) is 2.95. The lowest BCUT2D eigenvalue weighted by atomic mass is 10.0. The van der Waals surface area contributed by atoms with Crippen molar-refractivity contribution in [3.8, 4) is 11.3 Å². The van der Waals surface area contributed by atoms with Crippen LogP contribution in [0.3, 0.4) is 0 Å². The van der Waals surface area contributed by atoms with E-state index in [0.717, 1.165) is 11.1 Å². The highest BCUT2D eigenvalue weighted by Gasteiger charge is 2.16. The molecule has 5 nitrogen and oxygen atoms in total. The Hall–Kier alpha value is -2.17. The van der Waals surface area contributed by atoms with Crippen molar-refractivity contribution >= 4 is 11.7 Å². The van der Waals surface area contributed by atoms with Crippen LogP contribution >= 0.6 is 0 Å². The highest BCUT2D eigenvalue weighted by Crippen LogP contribution is 2.26. The van der Waals surface area contributed by atoms with Gasteiger partial charge in [0.2, 0.25) is 11.7 Å². The lowest BCUT2D eigenvalue weighted by Crippen LogP contribution is -2.18. The molecule has 0 aliphatic heterocycles. The van der Waals surface area contributed by atoms with Crippen molar-refractivity contribution in [3.05, 3.63) is 29.3 Å². The predicted molar refractivity (Wildman–Crippen MR) is 72.7 cm³/mol. The van der Waals surface area contributed by atoms with Gasteiger partial charge in [0.15, 0.2) is 5.69 Å². The van der Waals surface area contributed by atoms with Gasteiger partial charge in [-0.05, 0) is 41.4 Å². The Morgan fingerprint density at radius 1 is 1.21 bits per heavy atom. The van der Waals surface area contributed by atoms with Crippen molar-refractivity contribution < 1.29 is 9.42 Å². The van der Waals surface area contributed by atoms with Crippen LogP contribution in [0, 0.1) is 19.8 Å². The molecule has 19 heavy (non-hydrogen) atoms. The second kappa shape index (κ2) is 5.22. The second-order valence-corrected chi connectivity index (χ2v) is 4.90. The number of aryl methyl sites for hydroxylation is 2. The quantitative estimate of drug-likeness (QED) is 0.920. The highest BCUT2D eigenvalue weighted by atomic mass is 16.6. The number of amides is 1. The molecule has 2 aromatic rings. The summed E-state index contributed by atoms with van der Waals surface area (Å²) in [5.41, 5.74) is 3.79. The van der Waals surface area contributed by atoms with Gasteiger partial charge < -0.3 is 5.32 Å². The number of benzene rings is 1. The molecule has 2 rings (SSSR count). The van der Waals surface area contributed by atoms with Crippen molar-refractivity contribution in [1.82, 2.24) is 10.3 Å². The Kier molecular flexibility index (Phi) is 3.64. The number of nitrogens with one attached hydrogen (secondary N) is 1. The van der Waals surface area contributed by atoms with Crippen LogP contribution in [0.25, 0.3) is 11.3 Å². The third-order valence-electron chi connectivity index (χ3n) is 3.03. The zero-order valence-corrected chi connectivity index (χ0v) is 11.5. The van der Waals surface area contributed by atoms with Gasteiger partial charge in [-0.2, -0.15) is 0 Å². The number of aromatic nitrogens is 2. The first-order valence-corrected chi connectivity index (χ1v) is 6.20. The molecule has 0 spiro atoms. The fourth-order valence-corrected chi connectivity index (χ4v) is 1.61. The first-order valence-electron chi connectivity index (χ1n) is 6.20. The Balaban J connectivity index is 2.33. The van der Waals surface area contributed by atoms with E-state index in [1.807, 2.05) is 45.9 Å². The molecule has 0 fully saturated rings. The largest absolute Gasteiger partial charge is 0.306 e. The Labute approximate surface area is 112 Å². The summed E-state index contributed by atoms with van der Waals surface area (Å²) in [7, 11) is 0. The lowest BCUT2D eigenvalue weighted by molar-refractivity contribution is -0.118. The molecular weight excluding hydrogens is 242 g/mol. The molecule has 1 N–H and O–H groups in total. The molecule has 1 aromatic carbocycles. The van der Waals surface area contributed by atoms with Crippen LogP contribution in [0.2, 0.25) is 0 Å². The van der Waals surface area contributed by atoms with Crippen molar-refractivity contribution in [1.29, 1.82) is 0 Å². The van der Waals surface area contributed by atoms with Gasteiger partial charge in [-0.25, -0.2) is 4.63 Å². The SMILES string of the molecule is Cc1ccc(-c2nonc2NC(=O)C(C)C)cc1C. The van der Waals surface area contributed by atoms with Crippen LogP contribution in [0.4, 0.5) is 5.82 Å². The van der Waals surface area contributed by atoms with Gasteiger partial charge in [0.1, 0.15) is 0 Å². The van der Waals surface area contributed by atoms with Gasteiger partial charge >= 0.3 is 0 Å². The average Bonchev–Trinajstić information content (AvgIpc) is 2.80. The van der Waals surface area contributed by atoms with Crippen molar-refractivity contribution in [2.75, 3.05) is 5.32 Å². The highest BCUT2D eigenvalue weighted by molar-refractivity contribution is 5.94. The van der Waals surface area contributed by atoms with E-state index in [4.69, 9.17) is 4.63 Å². The van der Waals surface area contributed by atoms with Crippen molar-refractivity contribution in [3.63, 3.8) is 0 Å². The smallest absolute Gasteiger partial charge is 0.228 e. The minimum atomic E-state index is -0.121. The van der Waals surface area contributed by atoms with E-state index in [2.05, 4.69) is 15.6 Å². The molecule has 0 aliphatic rings. The van der Waals surface area contributed by atoms with E-state index < -0.39 is 0 Å². The van der Waals surface area contributed by atoms with Gasteiger partial charge in [-0.3, -0.25) is 4.79 Å². The summed E-state index contributed by atoms with van der Waals surface area (Å²) in [4.78, 5) is 11.7. The van der Waals surface area contributed by atoms with Gasteiger partial charge in [0, 0.05) is 11.5 Å². The summed E-state index contributed by atoms with van der Waals surface area (Å²) in [5.74, 6) is 0.132. The molecule has 0 atom stereocenters. The third kappa shape index (κ3) is 2.81. The van der Waals surface area contributed by atoms with Crippen LogP contribution in [0.1, 0.15) is 25.0 Å². The first-order chi connectivity index (χ1) is 8.99. The molecule has 1 heterocycles. The summed E-state index contributed by atoms with van der Waals surface area (Å²) < 4.78 is 4.74. The summed E-state index contributed by atoms with van der Waals surface area (Å²) in [6, 6.07) is 5.94. The fraction of sp³-hybridized carbons (Fsp3) is 0.357. The summed E-state index contributed by atoms with van der Waals surface area (Å²) in [6.07, 6.45) is 0. The van der Waals surface area contributed by atoms with Gasteiger partial charge in [-0.1, -0.05) is 26.0 Å². The van der Waals surface area contributed by atoms with Gasteiger partial charge in [0.25, 0.3) is 0 Å². The van der Waals surface area contributed by atoms with Gasteiger partial charge in [-0.15, -0.1) is 0 Å². The number of hydrogen-bond acceptors (Lipinski definition) is 4. The molecule has 100 valence electrons. The Morgan fingerprint density at radius 3 is 2.58 bits per heavy atom. The first kappa shape index (κ1) is 13.3. The molecule has 0 aliphatic carbocycles. The van der Waals surface area contributed by atoms with Crippen LogP contribution in [0.15, 0.2) is 22.8 Å². The molecule has 0 saturated carbocycles. The van der Waals surface area contributed by atoms with Crippen LogP contribution < -0.4 is 5.32 Å². The number of carbonyl (C=O) groups excluding carboxylic acids is 1. The van der Waals surface area contributed by atoms with Crippen LogP contribution in [0.5, 0.6) is 0 Å².